The quantitative estimate of drug-likeness (QED) is 0.852. The van der Waals surface area contributed by atoms with Crippen molar-refractivity contribution in [2.45, 2.75) is 25.3 Å². The van der Waals surface area contributed by atoms with E-state index in [1.54, 1.807) is 11.9 Å². The minimum absolute atomic E-state index is 0.00209. The number of fused-ring (bicyclic) bond motifs is 1. The van der Waals surface area contributed by atoms with Crippen molar-refractivity contribution in [3.05, 3.63) is 53.5 Å². The van der Waals surface area contributed by atoms with Crippen LogP contribution in [0.15, 0.2) is 36.7 Å². The Morgan fingerprint density at radius 2 is 2.04 bits per heavy atom. The van der Waals surface area contributed by atoms with Gasteiger partial charge in [0.15, 0.2) is 18.1 Å². The number of rotatable bonds is 4. The van der Waals surface area contributed by atoms with Crippen molar-refractivity contribution >= 4 is 17.7 Å². The number of nitrogens with two attached hydrogens (primary N) is 1. The molecule has 1 aromatic carbocycles. The summed E-state index contributed by atoms with van der Waals surface area (Å²) in [5, 5.41) is 0. The number of hydrogen-bond acceptors (Lipinski definition) is 6. The van der Waals surface area contributed by atoms with Crippen LogP contribution in [0.3, 0.4) is 0 Å². The zero-order chi connectivity index (χ0) is 17.8. The highest BCUT2D eigenvalue weighted by molar-refractivity contribution is 5.93. The molecule has 1 atom stereocenters. The first kappa shape index (κ1) is 16.9. The summed E-state index contributed by atoms with van der Waals surface area (Å²) in [5.74, 6) is -1.04. The number of likely N-dealkylation sites (N-methyl/N-ethyl adjacent to an activating group) is 1. The second-order valence-electron chi connectivity index (χ2n) is 5.98. The van der Waals surface area contributed by atoms with Crippen LogP contribution < -0.4 is 5.73 Å². The van der Waals surface area contributed by atoms with E-state index in [2.05, 4.69) is 22.1 Å². The number of aryl methyl sites for hydroxylation is 1. The highest BCUT2D eigenvalue weighted by Crippen LogP contribution is 2.33. The van der Waals surface area contributed by atoms with Crippen LogP contribution in [0.25, 0.3) is 0 Å². The van der Waals surface area contributed by atoms with Gasteiger partial charge >= 0.3 is 5.97 Å². The third kappa shape index (κ3) is 3.60. The van der Waals surface area contributed by atoms with Crippen LogP contribution in [-0.4, -0.2) is 40.4 Å². The van der Waals surface area contributed by atoms with E-state index in [-0.39, 0.29) is 30.1 Å². The molecule has 0 aliphatic heterocycles. The molecule has 2 aromatic rings. The van der Waals surface area contributed by atoms with Crippen molar-refractivity contribution in [3.8, 4) is 0 Å². The maximum Gasteiger partial charge on any atom is 0.361 e. The number of carbonyl (C=O) groups excluding carboxylic acids is 2. The van der Waals surface area contributed by atoms with Crippen LogP contribution in [0.4, 0.5) is 5.82 Å². The predicted octanol–water partition coefficient (Wildman–Crippen LogP) is 1.75. The van der Waals surface area contributed by atoms with Gasteiger partial charge < -0.3 is 15.4 Å². The lowest BCUT2D eigenvalue weighted by molar-refractivity contribution is -0.135. The minimum atomic E-state index is -0.753. The van der Waals surface area contributed by atoms with E-state index in [4.69, 9.17) is 10.5 Å². The number of aromatic nitrogens is 2. The number of nitrogen functional groups attached to an aromatic ring is 1. The molecular weight excluding hydrogens is 320 g/mol. The highest BCUT2D eigenvalue weighted by atomic mass is 16.5. The molecule has 1 aliphatic carbocycles. The van der Waals surface area contributed by atoms with Crippen molar-refractivity contribution < 1.29 is 14.3 Å². The number of carbonyl (C=O) groups is 2. The van der Waals surface area contributed by atoms with Gasteiger partial charge in [0.2, 0.25) is 0 Å². The molecule has 1 aliphatic rings. The van der Waals surface area contributed by atoms with E-state index in [1.807, 2.05) is 12.1 Å². The largest absolute Gasteiger partial charge is 0.451 e. The normalized spacial score (nSPS) is 16.0. The molecule has 1 amide bonds. The van der Waals surface area contributed by atoms with Gasteiger partial charge in [0, 0.05) is 19.4 Å². The molecule has 0 spiro atoms. The average Bonchev–Trinajstić information content (AvgIpc) is 2.65. The zero-order valence-corrected chi connectivity index (χ0v) is 14.0. The monoisotopic (exact) mass is 340 g/mol. The number of anilines is 1. The van der Waals surface area contributed by atoms with Crippen LogP contribution >= 0.6 is 0 Å². The SMILES string of the molecule is CN(C(=O)COC(=O)c1nccnc1N)[C@@H]1CCCc2ccccc21. The number of amides is 1. The van der Waals surface area contributed by atoms with Crippen LogP contribution in [0.1, 0.15) is 40.5 Å². The maximum atomic E-state index is 12.5. The van der Waals surface area contributed by atoms with Gasteiger partial charge in [0.05, 0.1) is 6.04 Å². The molecule has 0 radical (unpaired) electrons. The Morgan fingerprint density at radius 1 is 1.28 bits per heavy atom. The molecule has 7 nitrogen and oxygen atoms in total. The van der Waals surface area contributed by atoms with E-state index < -0.39 is 5.97 Å². The summed E-state index contributed by atoms with van der Waals surface area (Å²) in [4.78, 5) is 33.7. The summed E-state index contributed by atoms with van der Waals surface area (Å²) in [5.41, 5.74) is 7.93. The first-order chi connectivity index (χ1) is 12.1. The van der Waals surface area contributed by atoms with Crippen LogP contribution in [0.5, 0.6) is 0 Å². The molecule has 25 heavy (non-hydrogen) atoms. The molecule has 0 saturated carbocycles. The minimum Gasteiger partial charge on any atom is -0.451 e. The van der Waals surface area contributed by atoms with Gasteiger partial charge in [0.1, 0.15) is 0 Å². The molecule has 7 heteroatoms. The number of ether oxygens (including phenoxy) is 1. The first-order valence-electron chi connectivity index (χ1n) is 8.15. The summed E-state index contributed by atoms with van der Waals surface area (Å²) in [7, 11) is 1.74. The van der Waals surface area contributed by atoms with E-state index in [0.717, 1.165) is 24.8 Å². The first-order valence-corrected chi connectivity index (χ1v) is 8.15. The van der Waals surface area contributed by atoms with Crippen molar-refractivity contribution in [3.63, 3.8) is 0 Å². The third-order valence-electron chi connectivity index (χ3n) is 4.45. The summed E-state index contributed by atoms with van der Waals surface area (Å²) >= 11 is 0. The fourth-order valence-corrected chi connectivity index (χ4v) is 3.11. The Kier molecular flexibility index (Phi) is 4.92. The van der Waals surface area contributed by atoms with E-state index >= 15 is 0 Å². The van der Waals surface area contributed by atoms with Gasteiger partial charge in [-0.3, -0.25) is 4.79 Å². The number of nitrogens with zero attached hydrogens (tertiary/aromatic N) is 3. The fourth-order valence-electron chi connectivity index (χ4n) is 3.11. The molecule has 0 unspecified atom stereocenters. The Bertz CT molecular complexity index is 793. The highest BCUT2D eigenvalue weighted by Gasteiger charge is 2.27. The lowest BCUT2D eigenvalue weighted by Crippen LogP contribution is -2.36. The second kappa shape index (κ2) is 7.29. The molecule has 0 saturated heterocycles. The average molecular weight is 340 g/mol. The molecular formula is C18H20N4O3. The van der Waals surface area contributed by atoms with Gasteiger partial charge in [-0.15, -0.1) is 0 Å². The van der Waals surface area contributed by atoms with Crippen molar-refractivity contribution in [1.29, 1.82) is 0 Å². The number of esters is 1. The molecule has 2 N–H and O–H groups in total. The van der Waals surface area contributed by atoms with Gasteiger partial charge in [-0.25, -0.2) is 14.8 Å². The number of hydrogen-bond donors (Lipinski definition) is 1. The molecule has 1 heterocycles. The van der Waals surface area contributed by atoms with Gasteiger partial charge in [-0.2, -0.15) is 0 Å². The van der Waals surface area contributed by atoms with Crippen LogP contribution in [0.2, 0.25) is 0 Å². The number of benzene rings is 1. The molecule has 130 valence electrons. The van der Waals surface area contributed by atoms with E-state index in [9.17, 15) is 9.59 Å². The Labute approximate surface area is 145 Å². The van der Waals surface area contributed by atoms with Gasteiger partial charge in [-0.05, 0) is 30.4 Å². The summed E-state index contributed by atoms with van der Waals surface area (Å²) in [6, 6.07) is 8.13. The van der Waals surface area contributed by atoms with Crippen LogP contribution in [0, 0.1) is 0 Å². The van der Waals surface area contributed by atoms with Gasteiger partial charge in [-0.1, -0.05) is 24.3 Å². The molecule has 3 rings (SSSR count). The lowest BCUT2D eigenvalue weighted by atomic mass is 9.87. The Hall–Kier alpha value is -2.96. The fraction of sp³-hybridized carbons (Fsp3) is 0.333. The predicted molar refractivity (Wildman–Crippen MR) is 91.6 cm³/mol. The Morgan fingerprint density at radius 3 is 2.84 bits per heavy atom. The van der Waals surface area contributed by atoms with Crippen molar-refractivity contribution in [2.75, 3.05) is 19.4 Å². The zero-order valence-electron chi connectivity index (χ0n) is 14.0. The third-order valence-corrected chi connectivity index (χ3v) is 4.45. The lowest BCUT2D eigenvalue weighted by Gasteiger charge is -2.33. The standard InChI is InChI=1S/C18H20N4O3/c1-22(14-8-4-6-12-5-2-3-7-13(12)14)15(23)11-25-18(24)16-17(19)21-10-9-20-16/h2-3,5,7,9-10,14H,4,6,8,11H2,1H3,(H2,19,21)/t14-/m1/s1. The van der Waals surface area contributed by atoms with Crippen LogP contribution in [-0.2, 0) is 16.0 Å². The maximum absolute atomic E-state index is 12.5. The smallest absolute Gasteiger partial charge is 0.361 e. The van der Waals surface area contributed by atoms with Crippen molar-refractivity contribution in [1.82, 2.24) is 14.9 Å². The van der Waals surface area contributed by atoms with Gasteiger partial charge in [0.25, 0.3) is 5.91 Å². The topological polar surface area (TPSA) is 98.4 Å². The second-order valence-corrected chi connectivity index (χ2v) is 5.98. The van der Waals surface area contributed by atoms with Crippen molar-refractivity contribution in [2.24, 2.45) is 0 Å². The summed E-state index contributed by atoms with van der Waals surface area (Å²) in [6.45, 7) is -0.357. The summed E-state index contributed by atoms with van der Waals surface area (Å²) < 4.78 is 5.06. The Balaban J connectivity index is 1.64. The van der Waals surface area contributed by atoms with E-state index in [1.165, 1.54) is 18.0 Å². The van der Waals surface area contributed by atoms with E-state index in [0.29, 0.717) is 0 Å². The molecule has 0 bridgehead atoms. The molecule has 1 aromatic heterocycles. The molecule has 0 fully saturated rings. The summed E-state index contributed by atoms with van der Waals surface area (Å²) in [6.07, 6.45) is 5.67.